The van der Waals surface area contributed by atoms with Crippen LogP contribution in [0.3, 0.4) is 0 Å². The first kappa shape index (κ1) is 23.6. The molecule has 1 fully saturated rings. The molecule has 0 saturated carbocycles. The third kappa shape index (κ3) is 5.11. The van der Waals surface area contributed by atoms with E-state index in [4.69, 9.17) is 4.74 Å². The Kier molecular flexibility index (Phi) is 6.62. The van der Waals surface area contributed by atoms with E-state index >= 15 is 0 Å². The largest absolute Gasteiger partial charge is 0.496 e. The minimum absolute atomic E-state index is 0.175. The SMILES string of the molecule is COc1ccccc1CN1CCC(Nc2ncc(-c3ccsc3)c3nc(C(F)(F)F)ccc23)CC1. The van der Waals surface area contributed by atoms with Gasteiger partial charge in [-0.1, -0.05) is 18.2 Å². The van der Waals surface area contributed by atoms with E-state index in [2.05, 4.69) is 26.3 Å². The maximum absolute atomic E-state index is 13.4. The van der Waals surface area contributed by atoms with Gasteiger partial charge in [0.05, 0.1) is 12.6 Å². The number of methoxy groups -OCH3 is 1. The molecule has 1 aliphatic rings. The lowest BCUT2D eigenvalue weighted by atomic mass is 10.0. The summed E-state index contributed by atoms with van der Waals surface area (Å²) in [4.78, 5) is 11.0. The molecule has 35 heavy (non-hydrogen) atoms. The van der Waals surface area contributed by atoms with Gasteiger partial charge < -0.3 is 10.1 Å². The van der Waals surface area contributed by atoms with E-state index in [0.29, 0.717) is 22.3 Å². The number of rotatable bonds is 6. The van der Waals surface area contributed by atoms with Crippen LogP contribution in [0.4, 0.5) is 19.0 Å². The van der Waals surface area contributed by atoms with Crippen molar-refractivity contribution in [3.8, 4) is 16.9 Å². The molecular formula is C26H25F3N4OS. The molecule has 0 atom stereocenters. The van der Waals surface area contributed by atoms with Crippen LogP contribution in [0.25, 0.3) is 22.0 Å². The van der Waals surface area contributed by atoms with Crippen LogP contribution in [0, 0.1) is 0 Å². The zero-order chi connectivity index (χ0) is 24.4. The highest BCUT2D eigenvalue weighted by molar-refractivity contribution is 7.08. The summed E-state index contributed by atoms with van der Waals surface area (Å²) in [5.74, 6) is 1.46. The van der Waals surface area contributed by atoms with Gasteiger partial charge in [0.25, 0.3) is 0 Å². The second kappa shape index (κ2) is 9.83. The number of hydrogen-bond donors (Lipinski definition) is 1. The Morgan fingerprint density at radius 1 is 1.11 bits per heavy atom. The first-order valence-corrected chi connectivity index (χ1v) is 12.4. The summed E-state index contributed by atoms with van der Waals surface area (Å²) in [6, 6.07) is 12.6. The fourth-order valence-electron chi connectivity index (χ4n) is 4.52. The minimum Gasteiger partial charge on any atom is -0.496 e. The predicted octanol–water partition coefficient (Wildman–Crippen LogP) is 6.46. The fraction of sp³-hybridized carbons (Fsp3) is 0.308. The van der Waals surface area contributed by atoms with Gasteiger partial charge in [-0.15, -0.1) is 0 Å². The molecule has 0 amide bonds. The number of anilines is 1. The van der Waals surface area contributed by atoms with Crippen LogP contribution in [-0.2, 0) is 12.7 Å². The highest BCUT2D eigenvalue weighted by Gasteiger charge is 2.33. The molecule has 0 aliphatic carbocycles. The van der Waals surface area contributed by atoms with Crippen LogP contribution >= 0.6 is 11.3 Å². The lowest BCUT2D eigenvalue weighted by Gasteiger charge is -2.33. The molecule has 1 aliphatic heterocycles. The quantitative estimate of drug-likeness (QED) is 0.331. The summed E-state index contributed by atoms with van der Waals surface area (Å²) < 4.78 is 45.7. The molecule has 5 nitrogen and oxygen atoms in total. The topological polar surface area (TPSA) is 50.3 Å². The van der Waals surface area contributed by atoms with Crippen LogP contribution in [0.5, 0.6) is 5.75 Å². The highest BCUT2D eigenvalue weighted by atomic mass is 32.1. The molecular weight excluding hydrogens is 473 g/mol. The third-order valence-corrected chi connectivity index (χ3v) is 7.05. The number of aromatic nitrogens is 2. The van der Waals surface area contributed by atoms with E-state index < -0.39 is 11.9 Å². The number of halogens is 3. The number of hydrogen-bond acceptors (Lipinski definition) is 6. The second-order valence-corrected chi connectivity index (χ2v) is 9.41. The summed E-state index contributed by atoms with van der Waals surface area (Å²) in [7, 11) is 1.68. The van der Waals surface area contributed by atoms with Gasteiger partial charge in [-0.25, -0.2) is 9.97 Å². The number of thiophene rings is 1. The molecule has 3 aromatic heterocycles. The Hall–Kier alpha value is -3.17. The number of nitrogens with one attached hydrogen (secondary N) is 1. The van der Waals surface area contributed by atoms with Crippen LogP contribution in [0.1, 0.15) is 24.1 Å². The van der Waals surface area contributed by atoms with Crippen molar-refractivity contribution in [3.63, 3.8) is 0 Å². The van der Waals surface area contributed by atoms with Gasteiger partial charge in [0.15, 0.2) is 0 Å². The molecule has 9 heteroatoms. The lowest BCUT2D eigenvalue weighted by molar-refractivity contribution is -0.140. The van der Waals surface area contributed by atoms with E-state index in [1.807, 2.05) is 35.0 Å². The number of likely N-dealkylation sites (tertiary alicyclic amines) is 1. The molecule has 0 spiro atoms. The Bertz CT molecular complexity index is 1300. The highest BCUT2D eigenvalue weighted by Crippen LogP contribution is 2.36. The van der Waals surface area contributed by atoms with Crippen LogP contribution < -0.4 is 10.1 Å². The number of fused-ring (bicyclic) bond motifs is 1. The van der Waals surface area contributed by atoms with Crippen molar-refractivity contribution in [2.75, 3.05) is 25.5 Å². The standard InChI is InChI=1S/C26H25F3N4OS/c1-34-22-5-3-2-4-17(22)15-33-11-8-19(9-12-33)31-25-20-6-7-23(26(27,28)29)32-24(20)21(14-30-25)18-10-13-35-16-18/h2-7,10,13-14,16,19H,8-9,11-12,15H2,1H3,(H,30,31). The van der Waals surface area contributed by atoms with Crippen molar-refractivity contribution in [3.05, 3.63) is 70.7 Å². The molecule has 0 radical (unpaired) electrons. The van der Waals surface area contributed by atoms with Crippen LogP contribution in [0.15, 0.2) is 59.4 Å². The number of nitrogens with zero attached hydrogens (tertiary/aromatic N) is 3. The zero-order valence-corrected chi connectivity index (χ0v) is 20.0. The van der Waals surface area contributed by atoms with Gasteiger partial charge in [0.1, 0.15) is 17.3 Å². The predicted molar refractivity (Wildman–Crippen MR) is 133 cm³/mol. The summed E-state index contributed by atoms with van der Waals surface area (Å²) in [5, 5.41) is 7.86. The lowest BCUT2D eigenvalue weighted by Crippen LogP contribution is -2.38. The van der Waals surface area contributed by atoms with Gasteiger partial charge in [-0.05, 0) is 53.4 Å². The summed E-state index contributed by atoms with van der Waals surface area (Å²) >= 11 is 1.48. The van der Waals surface area contributed by atoms with Gasteiger partial charge in [0, 0.05) is 48.4 Å². The van der Waals surface area contributed by atoms with Gasteiger partial charge in [-0.2, -0.15) is 24.5 Å². The average Bonchev–Trinajstić information content (AvgIpc) is 3.39. The molecule has 1 saturated heterocycles. The number of benzene rings is 1. The van der Waals surface area contributed by atoms with E-state index in [9.17, 15) is 13.2 Å². The average molecular weight is 499 g/mol. The smallest absolute Gasteiger partial charge is 0.433 e. The first-order valence-electron chi connectivity index (χ1n) is 11.4. The molecule has 1 N–H and O–H groups in total. The number of piperidine rings is 1. The first-order chi connectivity index (χ1) is 16.9. The Labute approximate surface area is 205 Å². The molecule has 0 unspecified atom stereocenters. The van der Waals surface area contributed by atoms with Crippen LogP contribution in [0.2, 0.25) is 0 Å². The van der Waals surface area contributed by atoms with Crippen molar-refractivity contribution in [2.24, 2.45) is 0 Å². The Morgan fingerprint density at radius 3 is 2.63 bits per heavy atom. The molecule has 1 aromatic carbocycles. The minimum atomic E-state index is -4.51. The van der Waals surface area contributed by atoms with Crippen molar-refractivity contribution < 1.29 is 17.9 Å². The third-order valence-electron chi connectivity index (χ3n) is 6.37. The Morgan fingerprint density at radius 2 is 1.91 bits per heavy atom. The Balaban J connectivity index is 1.35. The van der Waals surface area contributed by atoms with E-state index in [-0.39, 0.29) is 6.04 Å². The second-order valence-electron chi connectivity index (χ2n) is 8.63. The maximum Gasteiger partial charge on any atom is 0.433 e. The van der Waals surface area contributed by atoms with Gasteiger partial charge in [0.2, 0.25) is 0 Å². The molecule has 4 heterocycles. The van der Waals surface area contributed by atoms with Crippen molar-refractivity contribution in [2.45, 2.75) is 31.6 Å². The monoisotopic (exact) mass is 498 g/mol. The molecule has 182 valence electrons. The van der Waals surface area contributed by atoms with Crippen molar-refractivity contribution in [1.29, 1.82) is 0 Å². The number of alkyl halides is 3. The summed E-state index contributed by atoms with van der Waals surface area (Å²) in [6.45, 7) is 2.62. The summed E-state index contributed by atoms with van der Waals surface area (Å²) in [5.41, 5.74) is 1.98. The van der Waals surface area contributed by atoms with Crippen LogP contribution in [-0.4, -0.2) is 41.1 Å². The molecule has 5 rings (SSSR count). The number of ether oxygens (including phenoxy) is 1. The number of pyridine rings is 2. The molecule has 4 aromatic rings. The molecule has 0 bridgehead atoms. The summed E-state index contributed by atoms with van der Waals surface area (Å²) in [6.07, 6.45) is -1.08. The van der Waals surface area contributed by atoms with E-state index in [1.54, 1.807) is 13.3 Å². The van der Waals surface area contributed by atoms with E-state index in [1.165, 1.54) is 17.4 Å². The fourth-order valence-corrected chi connectivity index (χ4v) is 5.18. The van der Waals surface area contributed by atoms with Gasteiger partial charge >= 0.3 is 6.18 Å². The normalized spacial score (nSPS) is 15.4. The van der Waals surface area contributed by atoms with Crippen molar-refractivity contribution >= 4 is 28.1 Å². The van der Waals surface area contributed by atoms with E-state index in [0.717, 1.165) is 55.4 Å². The number of para-hydroxylation sites is 1. The maximum atomic E-state index is 13.4. The van der Waals surface area contributed by atoms with Crippen molar-refractivity contribution in [1.82, 2.24) is 14.9 Å². The van der Waals surface area contributed by atoms with Gasteiger partial charge in [-0.3, -0.25) is 4.90 Å². The zero-order valence-electron chi connectivity index (χ0n) is 19.2.